The number of halogens is 1. The van der Waals surface area contributed by atoms with Gasteiger partial charge in [-0.15, -0.1) is 0 Å². The van der Waals surface area contributed by atoms with Crippen molar-refractivity contribution in [3.05, 3.63) is 64.2 Å². The Bertz CT molecular complexity index is 599. The van der Waals surface area contributed by atoms with E-state index in [1.165, 1.54) is 24.0 Å². The fraction of sp³-hybridized carbons (Fsp3) is 0.333. The second kappa shape index (κ2) is 5.49. The average molecular weight is 286 g/mol. The van der Waals surface area contributed by atoms with Crippen LogP contribution >= 0.6 is 11.6 Å². The Morgan fingerprint density at radius 2 is 1.75 bits per heavy atom. The van der Waals surface area contributed by atoms with E-state index in [4.69, 9.17) is 11.6 Å². The summed E-state index contributed by atoms with van der Waals surface area (Å²) in [5.41, 5.74) is 4.91. The van der Waals surface area contributed by atoms with Gasteiger partial charge in [-0.05, 0) is 55.9 Å². The summed E-state index contributed by atoms with van der Waals surface area (Å²) < 4.78 is 0. The average Bonchev–Trinajstić information content (AvgIpc) is 3.26. The molecular formula is C18H20ClN. The van der Waals surface area contributed by atoms with E-state index in [9.17, 15) is 0 Å². The third kappa shape index (κ3) is 2.99. The second-order valence-electron chi connectivity index (χ2n) is 5.83. The molecule has 0 aromatic heterocycles. The Morgan fingerprint density at radius 3 is 2.35 bits per heavy atom. The van der Waals surface area contributed by atoms with Gasteiger partial charge in [0.1, 0.15) is 0 Å². The lowest BCUT2D eigenvalue weighted by atomic mass is 10.0. The van der Waals surface area contributed by atoms with Gasteiger partial charge in [-0.1, -0.05) is 47.5 Å². The van der Waals surface area contributed by atoms with Gasteiger partial charge in [0.25, 0.3) is 0 Å². The van der Waals surface area contributed by atoms with E-state index in [2.05, 4.69) is 48.6 Å². The minimum Gasteiger partial charge on any atom is -0.378 e. The predicted octanol–water partition coefficient (Wildman–Crippen LogP) is 5.52. The molecule has 0 spiro atoms. The van der Waals surface area contributed by atoms with Crippen LogP contribution in [0.25, 0.3) is 0 Å². The molecule has 0 bridgehead atoms. The van der Waals surface area contributed by atoms with Crippen molar-refractivity contribution in [2.45, 2.75) is 32.7 Å². The maximum atomic E-state index is 6.22. The molecule has 3 rings (SSSR count). The standard InChI is InChI=1S/C18H20ClN/c1-12-3-6-14(7-4-12)18(15-8-9-15)20-16-10-5-13(2)17(19)11-16/h3-7,10-11,15,18,20H,8-9H2,1-2H3. The lowest BCUT2D eigenvalue weighted by Crippen LogP contribution is -2.12. The summed E-state index contributed by atoms with van der Waals surface area (Å²) >= 11 is 6.22. The van der Waals surface area contributed by atoms with Crippen molar-refractivity contribution in [2.24, 2.45) is 5.92 Å². The zero-order chi connectivity index (χ0) is 14.1. The highest BCUT2D eigenvalue weighted by molar-refractivity contribution is 6.31. The van der Waals surface area contributed by atoms with Gasteiger partial charge in [0.05, 0.1) is 6.04 Å². The number of hydrogen-bond donors (Lipinski definition) is 1. The number of nitrogens with one attached hydrogen (secondary N) is 1. The molecule has 0 amide bonds. The summed E-state index contributed by atoms with van der Waals surface area (Å²) in [6.07, 6.45) is 2.62. The first-order valence-electron chi connectivity index (χ1n) is 7.23. The summed E-state index contributed by atoms with van der Waals surface area (Å²) in [4.78, 5) is 0. The Morgan fingerprint density at radius 1 is 1.05 bits per heavy atom. The van der Waals surface area contributed by atoms with Crippen LogP contribution in [0.1, 0.15) is 35.6 Å². The molecule has 1 aliphatic carbocycles. The molecule has 104 valence electrons. The highest BCUT2D eigenvalue weighted by Gasteiger charge is 2.32. The van der Waals surface area contributed by atoms with Crippen molar-refractivity contribution in [3.63, 3.8) is 0 Å². The normalized spacial score (nSPS) is 15.9. The number of rotatable bonds is 4. The third-order valence-corrected chi connectivity index (χ3v) is 4.43. The van der Waals surface area contributed by atoms with Crippen LogP contribution in [0.3, 0.4) is 0 Å². The quantitative estimate of drug-likeness (QED) is 0.780. The Kier molecular flexibility index (Phi) is 3.71. The Hall–Kier alpha value is -1.47. The molecule has 0 radical (unpaired) electrons. The summed E-state index contributed by atoms with van der Waals surface area (Å²) in [6, 6.07) is 15.5. The van der Waals surface area contributed by atoms with Crippen LogP contribution in [-0.2, 0) is 0 Å². The third-order valence-electron chi connectivity index (χ3n) is 4.02. The summed E-state index contributed by atoms with van der Waals surface area (Å²) in [6.45, 7) is 4.16. The fourth-order valence-corrected chi connectivity index (χ4v) is 2.72. The monoisotopic (exact) mass is 285 g/mol. The lowest BCUT2D eigenvalue weighted by molar-refractivity contribution is 0.679. The van der Waals surface area contributed by atoms with Gasteiger partial charge >= 0.3 is 0 Å². The Balaban J connectivity index is 1.84. The fourth-order valence-electron chi connectivity index (χ4n) is 2.54. The molecular weight excluding hydrogens is 266 g/mol. The van der Waals surface area contributed by atoms with Crippen LogP contribution in [0.4, 0.5) is 5.69 Å². The molecule has 1 unspecified atom stereocenters. The molecule has 1 aliphatic rings. The highest BCUT2D eigenvalue weighted by Crippen LogP contribution is 2.43. The molecule has 1 nitrogen and oxygen atoms in total. The van der Waals surface area contributed by atoms with Crippen molar-refractivity contribution in [1.29, 1.82) is 0 Å². The minimum atomic E-state index is 0.398. The molecule has 20 heavy (non-hydrogen) atoms. The smallest absolute Gasteiger partial charge is 0.0542 e. The van der Waals surface area contributed by atoms with Crippen LogP contribution in [0.5, 0.6) is 0 Å². The molecule has 0 aliphatic heterocycles. The molecule has 1 atom stereocenters. The minimum absolute atomic E-state index is 0.398. The molecule has 0 heterocycles. The molecule has 0 saturated heterocycles. The zero-order valence-corrected chi connectivity index (χ0v) is 12.7. The summed E-state index contributed by atoms with van der Waals surface area (Å²) in [5, 5.41) is 4.49. The van der Waals surface area contributed by atoms with Crippen molar-refractivity contribution in [3.8, 4) is 0 Å². The number of hydrogen-bond acceptors (Lipinski definition) is 1. The maximum absolute atomic E-state index is 6.22. The van der Waals surface area contributed by atoms with Gasteiger partial charge in [-0.3, -0.25) is 0 Å². The second-order valence-corrected chi connectivity index (χ2v) is 6.24. The summed E-state index contributed by atoms with van der Waals surface area (Å²) in [7, 11) is 0. The van der Waals surface area contributed by atoms with E-state index < -0.39 is 0 Å². The predicted molar refractivity (Wildman–Crippen MR) is 86.5 cm³/mol. The summed E-state index contributed by atoms with van der Waals surface area (Å²) in [5.74, 6) is 0.748. The van der Waals surface area contributed by atoms with Crippen molar-refractivity contribution in [2.75, 3.05) is 5.32 Å². The van der Waals surface area contributed by atoms with Gasteiger partial charge in [0.15, 0.2) is 0 Å². The molecule has 2 heteroatoms. The van der Waals surface area contributed by atoms with Crippen LogP contribution in [0.15, 0.2) is 42.5 Å². The molecule has 2 aromatic rings. The van der Waals surface area contributed by atoms with Gasteiger partial charge < -0.3 is 5.32 Å². The van der Waals surface area contributed by atoms with Gasteiger partial charge in [0.2, 0.25) is 0 Å². The van der Waals surface area contributed by atoms with Crippen LogP contribution in [-0.4, -0.2) is 0 Å². The van der Waals surface area contributed by atoms with E-state index >= 15 is 0 Å². The SMILES string of the molecule is Cc1ccc(C(Nc2ccc(C)c(Cl)c2)C2CC2)cc1. The van der Waals surface area contributed by atoms with E-state index in [1.807, 2.05) is 13.0 Å². The van der Waals surface area contributed by atoms with Crippen molar-refractivity contribution >= 4 is 17.3 Å². The first-order chi connectivity index (χ1) is 9.63. The number of benzene rings is 2. The van der Waals surface area contributed by atoms with E-state index in [1.54, 1.807) is 0 Å². The number of aryl methyl sites for hydroxylation is 2. The van der Waals surface area contributed by atoms with E-state index in [-0.39, 0.29) is 0 Å². The largest absolute Gasteiger partial charge is 0.378 e. The first-order valence-corrected chi connectivity index (χ1v) is 7.60. The van der Waals surface area contributed by atoms with Gasteiger partial charge in [-0.2, -0.15) is 0 Å². The van der Waals surface area contributed by atoms with Crippen LogP contribution in [0.2, 0.25) is 5.02 Å². The van der Waals surface area contributed by atoms with Crippen LogP contribution in [0, 0.1) is 19.8 Å². The highest BCUT2D eigenvalue weighted by atomic mass is 35.5. The molecule has 1 fully saturated rings. The molecule has 1 saturated carbocycles. The Labute approximate surface area is 126 Å². The van der Waals surface area contributed by atoms with Gasteiger partial charge in [0, 0.05) is 10.7 Å². The first kappa shape index (κ1) is 13.5. The van der Waals surface area contributed by atoms with Crippen molar-refractivity contribution < 1.29 is 0 Å². The van der Waals surface area contributed by atoms with Gasteiger partial charge in [-0.25, -0.2) is 0 Å². The number of anilines is 1. The van der Waals surface area contributed by atoms with E-state index in [0.717, 1.165) is 22.2 Å². The zero-order valence-electron chi connectivity index (χ0n) is 12.0. The van der Waals surface area contributed by atoms with Crippen LogP contribution < -0.4 is 5.32 Å². The topological polar surface area (TPSA) is 12.0 Å². The molecule has 2 aromatic carbocycles. The lowest BCUT2D eigenvalue weighted by Gasteiger charge is -2.21. The maximum Gasteiger partial charge on any atom is 0.0542 e. The van der Waals surface area contributed by atoms with E-state index in [0.29, 0.717) is 6.04 Å². The molecule has 1 N–H and O–H groups in total. The van der Waals surface area contributed by atoms with Crippen molar-refractivity contribution in [1.82, 2.24) is 0 Å².